The van der Waals surface area contributed by atoms with Crippen LogP contribution in [0.2, 0.25) is 5.02 Å². The molecule has 1 aliphatic heterocycles. The normalized spacial score (nSPS) is 17.9. The monoisotopic (exact) mass is 256 g/mol. The molecule has 1 saturated heterocycles. The summed E-state index contributed by atoms with van der Waals surface area (Å²) in [5.74, 6) is -0.332. The van der Waals surface area contributed by atoms with Crippen LogP contribution in [0.4, 0.5) is 4.39 Å². The Morgan fingerprint density at radius 3 is 2.76 bits per heavy atom. The number of quaternary nitrogens is 1. The van der Waals surface area contributed by atoms with E-state index in [-0.39, 0.29) is 5.82 Å². The number of nitrogens with one attached hydrogen (secondary N) is 1. The van der Waals surface area contributed by atoms with Crippen molar-refractivity contribution in [3.8, 4) is 0 Å². The van der Waals surface area contributed by atoms with Crippen LogP contribution in [0.15, 0.2) is 23.3 Å². The minimum Gasteiger partial charge on any atom is -0.334 e. The summed E-state index contributed by atoms with van der Waals surface area (Å²) in [5.41, 5.74) is 0.362. The quantitative estimate of drug-likeness (QED) is 0.770. The lowest BCUT2D eigenvalue weighted by molar-refractivity contribution is -0.884. The summed E-state index contributed by atoms with van der Waals surface area (Å²) in [4.78, 5) is 1.50. The second-order valence-electron chi connectivity index (χ2n) is 4.29. The lowest BCUT2D eigenvalue weighted by Gasteiger charge is -2.27. The lowest BCUT2D eigenvalue weighted by atomic mass is 10.2. The van der Waals surface area contributed by atoms with E-state index in [1.54, 1.807) is 12.1 Å². The SMILES string of the molecule is C[NH+]1CCN(N=Cc2c(F)cccc2Cl)CC1. The van der Waals surface area contributed by atoms with E-state index in [0.29, 0.717) is 10.6 Å². The smallest absolute Gasteiger partial charge is 0.133 e. The van der Waals surface area contributed by atoms with Gasteiger partial charge in [-0.2, -0.15) is 5.10 Å². The molecule has 0 spiro atoms. The molecule has 0 aliphatic carbocycles. The summed E-state index contributed by atoms with van der Waals surface area (Å²) in [7, 11) is 2.16. The van der Waals surface area contributed by atoms with Gasteiger partial charge in [-0.05, 0) is 12.1 Å². The maximum Gasteiger partial charge on any atom is 0.133 e. The van der Waals surface area contributed by atoms with Crippen LogP contribution < -0.4 is 4.90 Å². The Morgan fingerprint density at radius 1 is 1.41 bits per heavy atom. The standard InChI is InChI=1S/C12H15ClFN3/c1-16-5-7-17(8-6-16)15-9-10-11(13)3-2-4-12(10)14/h2-4,9H,5-8H2,1H3/p+1. The fraction of sp³-hybridized carbons (Fsp3) is 0.417. The molecule has 5 heteroatoms. The first-order valence-electron chi connectivity index (χ1n) is 5.71. The first-order valence-corrected chi connectivity index (χ1v) is 6.09. The second kappa shape index (κ2) is 5.47. The maximum atomic E-state index is 13.5. The molecular weight excluding hydrogens is 241 g/mol. The van der Waals surface area contributed by atoms with Crippen LogP contribution in [-0.2, 0) is 0 Å². The van der Waals surface area contributed by atoms with Crippen LogP contribution in [0.25, 0.3) is 0 Å². The van der Waals surface area contributed by atoms with Crippen LogP contribution in [0.1, 0.15) is 5.56 Å². The average molecular weight is 257 g/mol. The van der Waals surface area contributed by atoms with Crippen molar-refractivity contribution < 1.29 is 9.29 Å². The van der Waals surface area contributed by atoms with Crippen molar-refractivity contribution in [2.24, 2.45) is 5.10 Å². The molecule has 0 radical (unpaired) electrons. The molecular formula is C12H16ClFN3+. The zero-order valence-electron chi connectivity index (χ0n) is 9.79. The van der Waals surface area contributed by atoms with Crippen LogP contribution in [-0.4, -0.2) is 44.5 Å². The van der Waals surface area contributed by atoms with E-state index in [2.05, 4.69) is 12.1 Å². The molecule has 0 saturated carbocycles. The zero-order valence-corrected chi connectivity index (χ0v) is 10.5. The molecule has 1 aliphatic rings. The van der Waals surface area contributed by atoms with Gasteiger partial charge in [0.25, 0.3) is 0 Å². The summed E-state index contributed by atoms with van der Waals surface area (Å²) in [6.45, 7) is 3.91. The molecule has 17 heavy (non-hydrogen) atoms. The topological polar surface area (TPSA) is 20.0 Å². The second-order valence-corrected chi connectivity index (χ2v) is 4.70. The summed E-state index contributed by atoms with van der Waals surface area (Å²) in [5, 5.41) is 6.63. The predicted octanol–water partition coefficient (Wildman–Crippen LogP) is 0.643. The molecule has 1 N–H and O–H groups in total. The van der Waals surface area contributed by atoms with Crippen molar-refractivity contribution in [2.45, 2.75) is 0 Å². The van der Waals surface area contributed by atoms with E-state index in [4.69, 9.17) is 11.6 Å². The van der Waals surface area contributed by atoms with E-state index < -0.39 is 0 Å². The van der Waals surface area contributed by atoms with E-state index in [9.17, 15) is 4.39 Å². The minimum absolute atomic E-state index is 0.332. The van der Waals surface area contributed by atoms with Gasteiger partial charge < -0.3 is 4.90 Å². The van der Waals surface area contributed by atoms with Gasteiger partial charge in [0.05, 0.1) is 44.5 Å². The van der Waals surface area contributed by atoms with Crippen molar-refractivity contribution in [1.29, 1.82) is 0 Å². The van der Waals surface area contributed by atoms with Crippen molar-refractivity contribution >= 4 is 17.8 Å². The first kappa shape index (κ1) is 12.3. The predicted molar refractivity (Wildman–Crippen MR) is 67.2 cm³/mol. The van der Waals surface area contributed by atoms with Gasteiger partial charge in [0.1, 0.15) is 5.82 Å². The molecule has 0 atom stereocenters. The third-order valence-corrected chi connectivity index (χ3v) is 3.27. The summed E-state index contributed by atoms with van der Waals surface area (Å²) in [6, 6.07) is 4.65. The number of halogens is 2. The van der Waals surface area contributed by atoms with Gasteiger partial charge >= 0.3 is 0 Å². The molecule has 1 fully saturated rings. The number of hydrogen-bond acceptors (Lipinski definition) is 2. The Bertz CT molecular complexity index is 394. The molecule has 1 aromatic rings. The number of piperazine rings is 1. The molecule has 92 valence electrons. The Kier molecular flexibility index (Phi) is 3.97. The summed E-state index contributed by atoms with van der Waals surface area (Å²) >= 11 is 5.92. The molecule has 1 aromatic carbocycles. The van der Waals surface area contributed by atoms with Gasteiger partial charge in [0.2, 0.25) is 0 Å². The highest BCUT2D eigenvalue weighted by Gasteiger charge is 2.14. The highest BCUT2D eigenvalue weighted by molar-refractivity contribution is 6.33. The van der Waals surface area contributed by atoms with Crippen LogP contribution in [0.3, 0.4) is 0 Å². The van der Waals surface area contributed by atoms with Crippen molar-refractivity contribution in [3.05, 3.63) is 34.6 Å². The minimum atomic E-state index is -0.332. The Labute approximate surface area is 105 Å². The lowest BCUT2D eigenvalue weighted by Crippen LogP contribution is -3.11. The number of hydrazone groups is 1. The fourth-order valence-corrected chi connectivity index (χ4v) is 1.98. The molecule has 0 unspecified atom stereocenters. The fourth-order valence-electron chi connectivity index (χ4n) is 1.77. The van der Waals surface area contributed by atoms with Crippen LogP contribution >= 0.6 is 11.6 Å². The Balaban J connectivity index is 2.05. The largest absolute Gasteiger partial charge is 0.334 e. The molecule has 2 rings (SSSR count). The highest BCUT2D eigenvalue weighted by Crippen LogP contribution is 2.16. The van der Waals surface area contributed by atoms with Crippen molar-refractivity contribution in [2.75, 3.05) is 33.2 Å². The number of nitrogens with zero attached hydrogens (tertiary/aromatic N) is 2. The molecule has 0 amide bonds. The third-order valence-electron chi connectivity index (χ3n) is 2.94. The van der Waals surface area contributed by atoms with Gasteiger partial charge in [-0.1, -0.05) is 17.7 Å². The van der Waals surface area contributed by atoms with Crippen molar-refractivity contribution in [1.82, 2.24) is 5.01 Å². The Hall–Kier alpha value is -1.13. The molecule has 1 heterocycles. The molecule has 3 nitrogen and oxygen atoms in total. The highest BCUT2D eigenvalue weighted by atomic mass is 35.5. The number of hydrogen-bond donors (Lipinski definition) is 1. The zero-order chi connectivity index (χ0) is 12.3. The maximum absolute atomic E-state index is 13.5. The van der Waals surface area contributed by atoms with Crippen LogP contribution in [0.5, 0.6) is 0 Å². The van der Waals surface area contributed by atoms with Gasteiger partial charge in [-0.25, -0.2) is 4.39 Å². The van der Waals surface area contributed by atoms with Crippen LogP contribution in [0, 0.1) is 5.82 Å². The van der Waals surface area contributed by atoms with Crippen molar-refractivity contribution in [3.63, 3.8) is 0 Å². The van der Waals surface area contributed by atoms with Gasteiger partial charge in [0.15, 0.2) is 0 Å². The third kappa shape index (κ3) is 3.17. The number of likely N-dealkylation sites (N-methyl/N-ethyl adjacent to an activating group) is 1. The average Bonchev–Trinajstić information content (AvgIpc) is 2.31. The summed E-state index contributed by atoms with van der Waals surface area (Å²) in [6.07, 6.45) is 1.51. The van der Waals surface area contributed by atoms with Gasteiger partial charge in [-0.3, -0.25) is 5.01 Å². The van der Waals surface area contributed by atoms with E-state index >= 15 is 0 Å². The number of benzene rings is 1. The number of rotatable bonds is 2. The molecule has 0 aromatic heterocycles. The van der Waals surface area contributed by atoms with Gasteiger partial charge in [-0.15, -0.1) is 0 Å². The summed E-state index contributed by atoms with van der Waals surface area (Å²) < 4.78 is 13.5. The Morgan fingerprint density at radius 2 is 2.12 bits per heavy atom. The van der Waals surface area contributed by atoms with E-state index in [1.165, 1.54) is 17.2 Å². The van der Waals surface area contributed by atoms with E-state index in [0.717, 1.165) is 26.2 Å². The van der Waals surface area contributed by atoms with Gasteiger partial charge in [0, 0.05) is 5.56 Å². The molecule has 0 bridgehead atoms. The van der Waals surface area contributed by atoms with E-state index in [1.807, 2.05) is 5.01 Å². The first-order chi connectivity index (χ1) is 8.16.